The molecule has 1 amide bonds. The molecule has 0 fully saturated rings. The molecule has 1 heterocycles. The van der Waals surface area contributed by atoms with Crippen LogP contribution in [0.1, 0.15) is 42.3 Å². The molecular formula is C19H22N2O. The molecule has 0 saturated heterocycles. The lowest BCUT2D eigenvalue weighted by Gasteiger charge is -2.21. The van der Waals surface area contributed by atoms with Crippen LogP contribution < -0.4 is 10.6 Å². The van der Waals surface area contributed by atoms with Crippen molar-refractivity contribution in [3.8, 4) is 0 Å². The Balaban J connectivity index is 1.89. The monoisotopic (exact) mass is 294 g/mol. The molecule has 0 unspecified atom stereocenters. The molecule has 3 heteroatoms. The van der Waals surface area contributed by atoms with Crippen LogP contribution in [0.15, 0.2) is 42.5 Å². The van der Waals surface area contributed by atoms with Gasteiger partial charge < -0.3 is 10.6 Å². The zero-order chi connectivity index (χ0) is 15.9. The average Bonchev–Trinajstić information content (AvgIpc) is 2.88. The third-order valence-electron chi connectivity index (χ3n) is 4.25. The fourth-order valence-corrected chi connectivity index (χ4v) is 2.88. The minimum Gasteiger partial charge on any atom is -0.399 e. The Bertz CT molecular complexity index is 711. The van der Waals surface area contributed by atoms with E-state index in [0.29, 0.717) is 5.69 Å². The van der Waals surface area contributed by atoms with Crippen molar-refractivity contribution in [2.75, 3.05) is 17.2 Å². The van der Waals surface area contributed by atoms with E-state index in [4.69, 9.17) is 5.73 Å². The van der Waals surface area contributed by atoms with Crippen molar-refractivity contribution in [3.63, 3.8) is 0 Å². The van der Waals surface area contributed by atoms with E-state index in [0.717, 1.165) is 24.2 Å². The first-order chi connectivity index (χ1) is 10.4. The molecular weight excluding hydrogens is 272 g/mol. The van der Waals surface area contributed by atoms with Crippen molar-refractivity contribution < 1.29 is 4.79 Å². The second kappa shape index (κ2) is 5.16. The average molecular weight is 294 g/mol. The second-order valence-corrected chi connectivity index (χ2v) is 6.92. The van der Waals surface area contributed by atoms with Crippen molar-refractivity contribution in [3.05, 3.63) is 59.2 Å². The summed E-state index contributed by atoms with van der Waals surface area (Å²) in [5.41, 5.74) is 10.7. The normalized spacial score (nSPS) is 14.0. The van der Waals surface area contributed by atoms with Gasteiger partial charge in [-0.3, -0.25) is 4.79 Å². The molecule has 0 aliphatic carbocycles. The lowest BCUT2D eigenvalue weighted by molar-refractivity contribution is 0.0989. The number of amides is 1. The smallest absolute Gasteiger partial charge is 0.258 e. The number of carbonyl (C=O) groups is 1. The van der Waals surface area contributed by atoms with E-state index in [-0.39, 0.29) is 11.3 Å². The first-order valence-electron chi connectivity index (χ1n) is 7.67. The number of carbonyl (C=O) groups excluding carboxylic acids is 1. The molecule has 1 aliphatic heterocycles. The predicted octanol–water partition coefficient (Wildman–Crippen LogP) is 3.77. The zero-order valence-corrected chi connectivity index (χ0v) is 13.4. The molecule has 1 aliphatic rings. The van der Waals surface area contributed by atoms with Crippen LogP contribution in [0, 0.1) is 0 Å². The number of anilines is 2. The van der Waals surface area contributed by atoms with Crippen LogP contribution in [0.5, 0.6) is 0 Å². The standard InChI is InChI=1S/C19H22N2O/c1-19(2,3)15-7-4-14(5-8-15)18(22)21-11-10-13-6-9-16(20)12-17(13)21/h4-9,12H,10-11,20H2,1-3H3. The lowest BCUT2D eigenvalue weighted by atomic mass is 9.86. The molecule has 2 aromatic rings. The van der Waals surface area contributed by atoms with Gasteiger partial charge in [-0.25, -0.2) is 0 Å². The molecule has 114 valence electrons. The fourth-order valence-electron chi connectivity index (χ4n) is 2.88. The van der Waals surface area contributed by atoms with Gasteiger partial charge in [0.1, 0.15) is 0 Å². The van der Waals surface area contributed by atoms with Gasteiger partial charge in [0.05, 0.1) is 0 Å². The van der Waals surface area contributed by atoms with E-state index in [9.17, 15) is 4.79 Å². The van der Waals surface area contributed by atoms with Crippen molar-refractivity contribution in [2.45, 2.75) is 32.6 Å². The molecule has 2 N–H and O–H groups in total. The predicted molar refractivity (Wildman–Crippen MR) is 91.4 cm³/mol. The van der Waals surface area contributed by atoms with Crippen LogP contribution in [-0.2, 0) is 11.8 Å². The van der Waals surface area contributed by atoms with Crippen LogP contribution in [0.4, 0.5) is 11.4 Å². The highest BCUT2D eigenvalue weighted by atomic mass is 16.2. The maximum Gasteiger partial charge on any atom is 0.258 e. The topological polar surface area (TPSA) is 46.3 Å². The Hall–Kier alpha value is -2.29. The molecule has 0 atom stereocenters. The SMILES string of the molecule is CC(C)(C)c1ccc(C(=O)N2CCc3ccc(N)cc32)cc1. The second-order valence-electron chi connectivity index (χ2n) is 6.92. The summed E-state index contributed by atoms with van der Waals surface area (Å²) in [5, 5.41) is 0. The van der Waals surface area contributed by atoms with E-state index in [1.54, 1.807) is 0 Å². The van der Waals surface area contributed by atoms with Crippen molar-refractivity contribution in [2.24, 2.45) is 0 Å². The molecule has 2 aromatic carbocycles. The molecule has 3 nitrogen and oxygen atoms in total. The highest BCUT2D eigenvalue weighted by molar-refractivity contribution is 6.07. The number of benzene rings is 2. The first kappa shape index (κ1) is 14.6. The van der Waals surface area contributed by atoms with Gasteiger partial charge in [-0.2, -0.15) is 0 Å². The number of fused-ring (bicyclic) bond motifs is 1. The Morgan fingerprint density at radius 1 is 1.09 bits per heavy atom. The number of nitrogens with two attached hydrogens (primary N) is 1. The van der Waals surface area contributed by atoms with Crippen LogP contribution in [0.25, 0.3) is 0 Å². The largest absolute Gasteiger partial charge is 0.399 e. The minimum atomic E-state index is 0.0461. The maximum absolute atomic E-state index is 12.8. The molecule has 0 saturated carbocycles. The summed E-state index contributed by atoms with van der Waals surface area (Å²) in [6.45, 7) is 7.23. The maximum atomic E-state index is 12.8. The van der Waals surface area contributed by atoms with Gasteiger partial charge >= 0.3 is 0 Å². The summed E-state index contributed by atoms with van der Waals surface area (Å²) in [6.07, 6.45) is 0.890. The van der Waals surface area contributed by atoms with Crippen molar-refractivity contribution >= 4 is 17.3 Å². The summed E-state index contributed by atoms with van der Waals surface area (Å²) in [4.78, 5) is 14.6. The number of hydrogen-bond acceptors (Lipinski definition) is 2. The molecule has 0 radical (unpaired) electrons. The summed E-state index contributed by atoms with van der Waals surface area (Å²) in [7, 11) is 0. The van der Waals surface area contributed by atoms with Gasteiger partial charge in [-0.15, -0.1) is 0 Å². The van der Waals surface area contributed by atoms with Crippen LogP contribution in [0.2, 0.25) is 0 Å². The summed E-state index contributed by atoms with van der Waals surface area (Å²) < 4.78 is 0. The summed E-state index contributed by atoms with van der Waals surface area (Å²) in [5.74, 6) is 0.0461. The van der Waals surface area contributed by atoms with Crippen molar-refractivity contribution in [1.29, 1.82) is 0 Å². The summed E-state index contributed by atoms with van der Waals surface area (Å²) >= 11 is 0. The van der Waals surface area contributed by atoms with Gasteiger partial charge in [0.25, 0.3) is 5.91 Å². The Labute approximate surface area is 131 Å². The van der Waals surface area contributed by atoms with Gasteiger partial charge in [0.15, 0.2) is 0 Å². The molecule has 0 aromatic heterocycles. The number of nitrogen functional groups attached to an aromatic ring is 1. The minimum absolute atomic E-state index is 0.0461. The van der Waals surface area contributed by atoms with E-state index >= 15 is 0 Å². The quantitative estimate of drug-likeness (QED) is 0.814. The highest BCUT2D eigenvalue weighted by Crippen LogP contribution is 2.31. The zero-order valence-electron chi connectivity index (χ0n) is 13.4. The summed E-state index contributed by atoms with van der Waals surface area (Å²) in [6, 6.07) is 13.7. The van der Waals surface area contributed by atoms with Crippen LogP contribution in [-0.4, -0.2) is 12.5 Å². The molecule has 3 rings (SSSR count). The van der Waals surface area contributed by atoms with E-state index in [1.165, 1.54) is 11.1 Å². The Morgan fingerprint density at radius 2 is 1.77 bits per heavy atom. The van der Waals surface area contributed by atoms with Gasteiger partial charge in [-0.1, -0.05) is 39.0 Å². The molecule has 22 heavy (non-hydrogen) atoms. The Morgan fingerprint density at radius 3 is 2.41 bits per heavy atom. The number of rotatable bonds is 1. The lowest BCUT2D eigenvalue weighted by Crippen LogP contribution is -2.29. The fraction of sp³-hybridized carbons (Fsp3) is 0.316. The van der Waals surface area contributed by atoms with E-state index < -0.39 is 0 Å². The van der Waals surface area contributed by atoms with Crippen molar-refractivity contribution in [1.82, 2.24) is 0 Å². The van der Waals surface area contributed by atoms with E-state index in [2.05, 4.69) is 20.8 Å². The molecule has 0 spiro atoms. The van der Waals surface area contributed by atoms with Gasteiger partial charge in [-0.05, 0) is 47.2 Å². The van der Waals surface area contributed by atoms with E-state index in [1.807, 2.05) is 47.4 Å². The van der Waals surface area contributed by atoms with Gasteiger partial charge in [0.2, 0.25) is 0 Å². The van der Waals surface area contributed by atoms with Crippen LogP contribution in [0.3, 0.4) is 0 Å². The number of nitrogens with zero attached hydrogens (tertiary/aromatic N) is 1. The third-order valence-corrected chi connectivity index (χ3v) is 4.25. The first-order valence-corrected chi connectivity index (χ1v) is 7.67. The Kier molecular flexibility index (Phi) is 3.44. The highest BCUT2D eigenvalue weighted by Gasteiger charge is 2.26. The number of hydrogen-bond donors (Lipinski definition) is 1. The molecule has 0 bridgehead atoms. The van der Waals surface area contributed by atoms with Crippen LogP contribution >= 0.6 is 0 Å². The third kappa shape index (κ3) is 2.59. The van der Waals surface area contributed by atoms with Gasteiger partial charge in [0, 0.05) is 23.5 Å².